The van der Waals surface area contributed by atoms with Crippen LogP contribution in [0.25, 0.3) is 11.4 Å². The summed E-state index contributed by atoms with van der Waals surface area (Å²) in [6.45, 7) is 1.79. The van der Waals surface area contributed by atoms with E-state index >= 15 is 0 Å². The quantitative estimate of drug-likeness (QED) is 0.683. The maximum atomic E-state index is 12.3. The molecule has 1 aromatic carbocycles. The summed E-state index contributed by atoms with van der Waals surface area (Å²) in [5.74, 6) is 1.61. The van der Waals surface area contributed by atoms with Crippen molar-refractivity contribution in [2.45, 2.75) is 13.0 Å². The molecule has 0 bridgehead atoms. The number of ether oxygens (including phenoxy) is 2. The van der Waals surface area contributed by atoms with Crippen LogP contribution in [-0.4, -0.2) is 39.9 Å². The van der Waals surface area contributed by atoms with Crippen molar-refractivity contribution >= 4 is 11.9 Å². The van der Waals surface area contributed by atoms with Gasteiger partial charge in [0.1, 0.15) is 6.04 Å². The van der Waals surface area contributed by atoms with E-state index in [1.807, 2.05) is 24.3 Å². The van der Waals surface area contributed by atoms with Crippen molar-refractivity contribution in [3.05, 3.63) is 59.6 Å². The highest BCUT2D eigenvalue weighted by molar-refractivity contribution is 5.95. The molecule has 3 N–H and O–H groups in total. The van der Waals surface area contributed by atoms with Gasteiger partial charge in [-0.05, 0) is 36.8 Å². The molecule has 4 rings (SSSR count). The zero-order chi connectivity index (χ0) is 20.5. The third kappa shape index (κ3) is 3.16. The number of methoxy groups -OCH3 is 2. The molecule has 0 saturated carbocycles. The van der Waals surface area contributed by atoms with Crippen LogP contribution in [0.5, 0.6) is 11.5 Å². The predicted molar refractivity (Wildman–Crippen MR) is 106 cm³/mol. The highest BCUT2D eigenvalue weighted by Gasteiger charge is 2.34. The number of fused-ring (bicyclic) bond motifs is 1. The van der Waals surface area contributed by atoms with Crippen LogP contribution < -0.4 is 20.5 Å². The highest BCUT2D eigenvalue weighted by atomic mass is 16.5. The number of hydrogen-bond donors (Lipinski definition) is 2. The Labute approximate surface area is 167 Å². The van der Waals surface area contributed by atoms with E-state index < -0.39 is 11.9 Å². The maximum absolute atomic E-state index is 12.3. The Balaban J connectivity index is 1.89. The largest absolute Gasteiger partial charge is 0.493 e. The number of carbonyl (C=O) groups is 1. The molecule has 3 aromatic rings. The summed E-state index contributed by atoms with van der Waals surface area (Å²) in [5, 5.41) is 7.77. The Morgan fingerprint density at radius 1 is 1.14 bits per heavy atom. The SMILES string of the molecule is COc1ccc(C2C(C(N)=O)=C(C)Nc3nc(-c4ccncc4)nn32)cc1OC. The Hall–Kier alpha value is -3.88. The summed E-state index contributed by atoms with van der Waals surface area (Å²) < 4.78 is 12.4. The number of aromatic nitrogens is 4. The average molecular weight is 392 g/mol. The monoisotopic (exact) mass is 392 g/mol. The van der Waals surface area contributed by atoms with Crippen LogP contribution in [0.2, 0.25) is 0 Å². The van der Waals surface area contributed by atoms with Gasteiger partial charge in [-0.1, -0.05) is 6.07 Å². The summed E-state index contributed by atoms with van der Waals surface area (Å²) in [5.41, 5.74) is 8.33. The first-order valence-electron chi connectivity index (χ1n) is 8.90. The molecule has 1 unspecified atom stereocenters. The average Bonchev–Trinajstić information content (AvgIpc) is 3.16. The number of nitrogens with zero attached hydrogens (tertiary/aromatic N) is 4. The molecule has 1 aliphatic heterocycles. The van der Waals surface area contributed by atoms with Crippen molar-refractivity contribution < 1.29 is 14.3 Å². The molecule has 0 spiro atoms. The molecular weight excluding hydrogens is 372 g/mol. The second-order valence-corrected chi connectivity index (χ2v) is 6.48. The molecule has 0 fully saturated rings. The molecule has 1 amide bonds. The van der Waals surface area contributed by atoms with Gasteiger partial charge in [-0.2, -0.15) is 4.98 Å². The number of nitrogens with two attached hydrogens (primary N) is 1. The van der Waals surface area contributed by atoms with Gasteiger partial charge in [-0.3, -0.25) is 9.78 Å². The van der Waals surface area contributed by atoms with Crippen LogP contribution in [0.15, 0.2) is 54.0 Å². The summed E-state index contributed by atoms with van der Waals surface area (Å²) in [6.07, 6.45) is 3.35. The first-order chi connectivity index (χ1) is 14.0. The number of nitrogens with one attached hydrogen (secondary N) is 1. The second-order valence-electron chi connectivity index (χ2n) is 6.48. The van der Waals surface area contributed by atoms with Gasteiger partial charge >= 0.3 is 0 Å². The lowest BCUT2D eigenvalue weighted by Gasteiger charge is -2.28. The molecular formula is C20H20N6O3. The van der Waals surface area contributed by atoms with Crippen LogP contribution in [-0.2, 0) is 4.79 Å². The Kier molecular flexibility index (Phi) is 4.63. The first kappa shape index (κ1) is 18.5. The number of rotatable bonds is 5. The van der Waals surface area contributed by atoms with Crippen LogP contribution in [0.4, 0.5) is 5.95 Å². The highest BCUT2D eigenvalue weighted by Crippen LogP contribution is 2.39. The fraction of sp³-hybridized carbons (Fsp3) is 0.200. The smallest absolute Gasteiger partial charge is 0.248 e. The number of allylic oxidation sites excluding steroid dienone is 1. The Morgan fingerprint density at radius 3 is 2.52 bits per heavy atom. The first-order valence-corrected chi connectivity index (χ1v) is 8.90. The number of pyridine rings is 1. The third-order valence-corrected chi connectivity index (χ3v) is 4.78. The van der Waals surface area contributed by atoms with Gasteiger partial charge in [-0.15, -0.1) is 5.10 Å². The van der Waals surface area contributed by atoms with Crippen LogP contribution in [0, 0.1) is 0 Å². The Morgan fingerprint density at radius 2 is 1.86 bits per heavy atom. The van der Waals surface area contributed by atoms with Gasteiger partial charge in [-0.25, -0.2) is 4.68 Å². The van der Waals surface area contributed by atoms with Crippen molar-refractivity contribution in [3.8, 4) is 22.9 Å². The topological polar surface area (TPSA) is 117 Å². The zero-order valence-corrected chi connectivity index (χ0v) is 16.2. The minimum absolute atomic E-state index is 0.399. The van der Waals surface area contributed by atoms with E-state index in [2.05, 4.69) is 20.4 Å². The van der Waals surface area contributed by atoms with Gasteiger partial charge in [0.25, 0.3) is 0 Å². The second kappa shape index (κ2) is 7.27. The van der Waals surface area contributed by atoms with E-state index in [4.69, 9.17) is 15.2 Å². The van der Waals surface area contributed by atoms with Gasteiger partial charge in [0.05, 0.1) is 19.8 Å². The summed E-state index contributed by atoms with van der Waals surface area (Å²) in [6, 6.07) is 8.52. The van der Waals surface area contributed by atoms with Gasteiger partial charge < -0.3 is 20.5 Å². The molecule has 9 nitrogen and oxygen atoms in total. The molecule has 148 valence electrons. The van der Waals surface area contributed by atoms with Gasteiger partial charge in [0.15, 0.2) is 17.3 Å². The van der Waals surface area contributed by atoms with Crippen molar-refractivity contribution in [1.29, 1.82) is 0 Å². The molecule has 1 atom stereocenters. The lowest BCUT2D eigenvalue weighted by molar-refractivity contribution is -0.115. The van der Waals surface area contributed by atoms with E-state index in [-0.39, 0.29) is 0 Å². The molecule has 3 heterocycles. The normalized spacial score (nSPS) is 15.5. The molecule has 0 radical (unpaired) electrons. The fourth-order valence-corrected chi connectivity index (χ4v) is 3.42. The number of hydrogen-bond acceptors (Lipinski definition) is 7. The number of amides is 1. The van der Waals surface area contributed by atoms with Crippen molar-refractivity contribution in [2.24, 2.45) is 5.73 Å². The van der Waals surface area contributed by atoms with Crippen LogP contribution in [0.1, 0.15) is 18.5 Å². The van der Waals surface area contributed by atoms with Crippen molar-refractivity contribution in [3.63, 3.8) is 0 Å². The lowest BCUT2D eigenvalue weighted by atomic mass is 9.95. The standard InChI is InChI=1S/C20H20N6O3/c1-11-16(18(21)27)17(13-4-5-14(28-2)15(10-13)29-3)26-20(23-11)24-19(25-26)12-6-8-22-9-7-12/h4-10,17H,1-3H3,(H2,21,27)(H,23,24,25). The van der Waals surface area contributed by atoms with E-state index in [0.29, 0.717) is 34.5 Å². The third-order valence-electron chi connectivity index (χ3n) is 4.78. The Bertz CT molecular complexity index is 1110. The number of benzene rings is 1. The molecule has 29 heavy (non-hydrogen) atoms. The minimum Gasteiger partial charge on any atom is -0.493 e. The fourth-order valence-electron chi connectivity index (χ4n) is 3.42. The van der Waals surface area contributed by atoms with Crippen LogP contribution >= 0.6 is 0 Å². The molecule has 1 aliphatic rings. The summed E-state index contributed by atoms with van der Waals surface area (Å²) in [7, 11) is 3.13. The molecule has 2 aromatic heterocycles. The molecule has 0 saturated heterocycles. The van der Waals surface area contributed by atoms with Crippen molar-refractivity contribution in [2.75, 3.05) is 19.5 Å². The zero-order valence-electron chi connectivity index (χ0n) is 16.2. The van der Waals surface area contributed by atoms with E-state index in [0.717, 1.165) is 11.1 Å². The molecule has 0 aliphatic carbocycles. The van der Waals surface area contributed by atoms with Crippen molar-refractivity contribution in [1.82, 2.24) is 19.7 Å². The van der Waals surface area contributed by atoms with E-state index in [1.165, 1.54) is 0 Å². The van der Waals surface area contributed by atoms with E-state index in [9.17, 15) is 4.79 Å². The maximum Gasteiger partial charge on any atom is 0.248 e. The summed E-state index contributed by atoms with van der Waals surface area (Å²) >= 11 is 0. The van der Waals surface area contributed by atoms with Gasteiger partial charge in [0.2, 0.25) is 11.9 Å². The molecule has 9 heteroatoms. The number of carbonyl (C=O) groups excluding carboxylic acids is 1. The number of anilines is 1. The predicted octanol–water partition coefficient (Wildman–Crippen LogP) is 2.13. The minimum atomic E-state index is -0.563. The summed E-state index contributed by atoms with van der Waals surface area (Å²) in [4.78, 5) is 20.9. The van der Waals surface area contributed by atoms with Gasteiger partial charge in [0, 0.05) is 23.7 Å². The van der Waals surface area contributed by atoms with E-state index in [1.54, 1.807) is 44.3 Å². The number of primary amides is 1. The lowest BCUT2D eigenvalue weighted by Crippen LogP contribution is -2.31. The van der Waals surface area contributed by atoms with Crippen LogP contribution in [0.3, 0.4) is 0 Å².